The van der Waals surface area contributed by atoms with Crippen molar-refractivity contribution in [3.8, 4) is 0 Å². The molecule has 3 nitrogen and oxygen atoms in total. The molecule has 0 aliphatic rings. The van der Waals surface area contributed by atoms with Gasteiger partial charge in [-0.25, -0.2) is 18.6 Å². The van der Waals surface area contributed by atoms with Crippen LogP contribution < -0.4 is 0 Å². The first-order valence-electron chi connectivity index (χ1n) is 4.71. The Labute approximate surface area is 114 Å². The molecule has 0 unspecified atom stereocenters. The number of hydrogen-bond acceptors (Lipinski definition) is 3. The minimum absolute atomic E-state index is 0.0657. The summed E-state index contributed by atoms with van der Waals surface area (Å²) in [5.74, 6) is -0.588. The van der Waals surface area contributed by atoms with Crippen molar-refractivity contribution in [1.82, 2.24) is 4.98 Å². The maximum absolute atomic E-state index is 12.7. The highest BCUT2D eigenvalue weighted by atomic mass is 79.9. The molecule has 1 heterocycles. The molecular formula is C10H9Br2F2NO2. The normalized spacial score (nSPS) is 10.7. The molecule has 0 saturated heterocycles. The largest absolute Gasteiger partial charge is 0.462 e. The third kappa shape index (κ3) is 3.45. The third-order valence-electron chi connectivity index (χ3n) is 1.93. The molecule has 0 bridgehead atoms. The number of hydrogen-bond donors (Lipinski definition) is 0. The Morgan fingerprint density at radius 2 is 2.24 bits per heavy atom. The fraction of sp³-hybridized carbons (Fsp3) is 0.400. The van der Waals surface area contributed by atoms with E-state index in [9.17, 15) is 13.6 Å². The average molecular weight is 373 g/mol. The molecule has 0 spiro atoms. The van der Waals surface area contributed by atoms with Crippen LogP contribution in [0, 0.1) is 0 Å². The molecule has 0 N–H and O–H groups in total. The molecular weight excluding hydrogens is 364 g/mol. The molecule has 94 valence electrons. The summed E-state index contributed by atoms with van der Waals surface area (Å²) < 4.78 is 30.2. The quantitative estimate of drug-likeness (QED) is 0.457. The number of carbonyl (C=O) groups is 1. The highest BCUT2D eigenvalue weighted by Crippen LogP contribution is 2.27. The van der Waals surface area contributed by atoms with Crippen molar-refractivity contribution in [3.05, 3.63) is 27.5 Å². The van der Waals surface area contributed by atoms with Crippen molar-refractivity contribution in [1.29, 1.82) is 0 Å². The monoisotopic (exact) mass is 371 g/mol. The van der Waals surface area contributed by atoms with Gasteiger partial charge < -0.3 is 4.74 Å². The van der Waals surface area contributed by atoms with Crippen molar-refractivity contribution in [2.24, 2.45) is 0 Å². The SMILES string of the molecule is CCOC(=O)c1cc(CBr)c(C(F)F)nc1Br. The van der Waals surface area contributed by atoms with Crippen LogP contribution in [0.2, 0.25) is 0 Å². The van der Waals surface area contributed by atoms with Crippen LogP contribution in [0.25, 0.3) is 0 Å². The lowest BCUT2D eigenvalue weighted by Gasteiger charge is -2.10. The van der Waals surface area contributed by atoms with Gasteiger partial charge >= 0.3 is 5.97 Å². The molecule has 0 aliphatic carbocycles. The second-order valence-corrected chi connectivity index (χ2v) is 4.34. The highest BCUT2D eigenvalue weighted by Gasteiger charge is 2.20. The van der Waals surface area contributed by atoms with Gasteiger partial charge in [0.05, 0.1) is 12.2 Å². The molecule has 0 saturated carbocycles. The van der Waals surface area contributed by atoms with Crippen molar-refractivity contribution in [2.75, 3.05) is 6.61 Å². The first-order chi connectivity index (χ1) is 8.01. The minimum atomic E-state index is -2.69. The number of pyridine rings is 1. The number of halogens is 4. The summed E-state index contributed by atoms with van der Waals surface area (Å²) in [6.45, 7) is 1.88. The Morgan fingerprint density at radius 1 is 1.59 bits per heavy atom. The molecule has 1 aromatic heterocycles. The molecule has 0 aromatic carbocycles. The van der Waals surface area contributed by atoms with E-state index in [1.165, 1.54) is 6.07 Å². The van der Waals surface area contributed by atoms with Crippen LogP contribution in [0.3, 0.4) is 0 Å². The van der Waals surface area contributed by atoms with Crippen LogP contribution in [0.5, 0.6) is 0 Å². The van der Waals surface area contributed by atoms with E-state index in [1.54, 1.807) is 6.92 Å². The molecule has 0 amide bonds. The standard InChI is InChI=1S/C10H9Br2F2NO2/c1-2-17-10(16)6-3-5(4-11)7(9(13)14)15-8(6)12/h3,9H,2,4H2,1H3. The van der Waals surface area contributed by atoms with Crippen LogP contribution in [0.4, 0.5) is 8.78 Å². The van der Waals surface area contributed by atoms with Crippen molar-refractivity contribution < 1.29 is 18.3 Å². The van der Waals surface area contributed by atoms with Crippen molar-refractivity contribution in [2.45, 2.75) is 18.7 Å². The Kier molecular flexibility index (Phi) is 5.45. The topological polar surface area (TPSA) is 39.2 Å². The van der Waals surface area contributed by atoms with E-state index in [0.29, 0.717) is 0 Å². The zero-order chi connectivity index (χ0) is 13.0. The Morgan fingerprint density at radius 3 is 2.71 bits per heavy atom. The molecule has 0 atom stereocenters. The van der Waals surface area contributed by atoms with Gasteiger partial charge in [0, 0.05) is 5.33 Å². The number of ether oxygens (including phenoxy) is 1. The Balaban J connectivity index is 3.22. The van der Waals surface area contributed by atoms with E-state index < -0.39 is 12.4 Å². The van der Waals surface area contributed by atoms with Gasteiger partial charge in [-0.2, -0.15) is 0 Å². The summed E-state index contributed by atoms with van der Waals surface area (Å²) >= 11 is 6.07. The number of carbonyl (C=O) groups excluding carboxylic acids is 1. The summed E-state index contributed by atoms with van der Waals surface area (Å²) in [6.07, 6.45) is -2.69. The predicted octanol–water partition coefficient (Wildman–Crippen LogP) is 3.85. The van der Waals surface area contributed by atoms with E-state index in [1.807, 2.05) is 0 Å². The van der Waals surface area contributed by atoms with E-state index in [0.717, 1.165) is 0 Å². The first kappa shape index (κ1) is 14.5. The first-order valence-corrected chi connectivity index (χ1v) is 6.63. The Hall–Kier alpha value is -0.560. The summed E-state index contributed by atoms with van der Waals surface area (Å²) in [5, 5.41) is 0.194. The second-order valence-electron chi connectivity index (χ2n) is 3.03. The smallest absolute Gasteiger partial charge is 0.340 e. The van der Waals surface area contributed by atoms with Crippen LogP contribution in [0.1, 0.15) is 35.0 Å². The molecule has 1 rings (SSSR count). The zero-order valence-electron chi connectivity index (χ0n) is 8.84. The van der Waals surface area contributed by atoms with E-state index in [4.69, 9.17) is 4.74 Å². The maximum Gasteiger partial charge on any atom is 0.340 e. The summed E-state index contributed by atoms with van der Waals surface area (Å²) in [6, 6.07) is 1.35. The van der Waals surface area contributed by atoms with Gasteiger partial charge in [-0.05, 0) is 34.5 Å². The van der Waals surface area contributed by atoms with Crippen LogP contribution in [-0.2, 0) is 10.1 Å². The maximum atomic E-state index is 12.7. The molecule has 0 fully saturated rings. The van der Waals surface area contributed by atoms with Crippen molar-refractivity contribution in [3.63, 3.8) is 0 Å². The minimum Gasteiger partial charge on any atom is -0.462 e. The lowest BCUT2D eigenvalue weighted by atomic mass is 10.1. The molecule has 17 heavy (non-hydrogen) atoms. The fourth-order valence-corrected chi connectivity index (χ4v) is 2.11. The van der Waals surface area contributed by atoms with E-state index in [-0.39, 0.29) is 33.4 Å². The molecule has 0 aliphatic heterocycles. The summed E-state index contributed by atoms with van der Waals surface area (Å²) in [5.41, 5.74) is 0.0683. The molecule has 0 radical (unpaired) electrons. The summed E-state index contributed by atoms with van der Waals surface area (Å²) in [4.78, 5) is 15.2. The van der Waals surface area contributed by atoms with Gasteiger partial charge in [-0.15, -0.1) is 0 Å². The number of nitrogens with zero attached hydrogens (tertiary/aromatic N) is 1. The summed E-state index contributed by atoms with van der Waals surface area (Å²) in [7, 11) is 0. The van der Waals surface area contributed by atoms with Crippen LogP contribution >= 0.6 is 31.9 Å². The predicted molar refractivity (Wildman–Crippen MR) is 65.5 cm³/mol. The molecule has 7 heteroatoms. The number of aromatic nitrogens is 1. The third-order valence-corrected chi connectivity index (χ3v) is 3.14. The van der Waals surface area contributed by atoms with E-state index in [2.05, 4.69) is 36.8 Å². The van der Waals surface area contributed by atoms with E-state index >= 15 is 0 Å². The van der Waals surface area contributed by atoms with Gasteiger partial charge in [-0.1, -0.05) is 15.9 Å². The van der Waals surface area contributed by atoms with Gasteiger partial charge in [0.1, 0.15) is 10.3 Å². The number of alkyl halides is 3. The molecule has 1 aromatic rings. The lowest BCUT2D eigenvalue weighted by molar-refractivity contribution is 0.0524. The Bertz CT molecular complexity index is 427. The van der Waals surface area contributed by atoms with Gasteiger partial charge in [-0.3, -0.25) is 0 Å². The van der Waals surface area contributed by atoms with Gasteiger partial charge in [0.25, 0.3) is 6.43 Å². The fourth-order valence-electron chi connectivity index (χ4n) is 1.19. The lowest BCUT2D eigenvalue weighted by Crippen LogP contribution is -2.09. The van der Waals surface area contributed by atoms with Crippen LogP contribution in [-0.4, -0.2) is 17.6 Å². The van der Waals surface area contributed by atoms with Crippen molar-refractivity contribution >= 4 is 37.8 Å². The zero-order valence-corrected chi connectivity index (χ0v) is 12.0. The average Bonchev–Trinajstić information content (AvgIpc) is 2.28. The highest BCUT2D eigenvalue weighted by molar-refractivity contribution is 9.10. The number of rotatable bonds is 4. The number of esters is 1. The van der Waals surface area contributed by atoms with Gasteiger partial charge in [0.15, 0.2) is 0 Å². The second kappa shape index (κ2) is 6.39. The van der Waals surface area contributed by atoms with Crippen LogP contribution in [0.15, 0.2) is 10.7 Å². The van der Waals surface area contributed by atoms with Gasteiger partial charge in [0.2, 0.25) is 0 Å².